The van der Waals surface area contributed by atoms with Crippen LogP contribution >= 0.6 is 11.8 Å². The average Bonchev–Trinajstić information content (AvgIpc) is 2.75. The second kappa shape index (κ2) is 5.47. The molecule has 4 heteroatoms. The molecule has 0 radical (unpaired) electrons. The van der Waals surface area contributed by atoms with Gasteiger partial charge in [0.15, 0.2) is 0 Å². The third-order valence-electron chi connectivity index (χ3n) is 4.45. The topological polar surface area (TPSA) is 32.5 Å². The van der Waals surface area contributed by atoms with Crippen LogP contribution in [0.2, 0.25) is 0 Å². The predicted octanol–water partition coefficient (Wildman–Crippen LogP) is 1.24. The van der Waals surface area contributed by atoms with E-state index in [1.807, 2.05) is 0 Å². The van der Waals surface area contributed by atoms with E-state index >= 15 is 0 Å². The van der Waals surface area contributed by atoms with E-state index in [0.29, 0.717) is 12.1 Å². The second-order valence-corrected chi connectivity index (χ2v) is 7.01. The number of rotatable bonds is 3. The van der Waals surface area contributed by atoms with Crippen LogP contribution in [0.15, 0.2) is 0 Å². The molecule has 2 saturated heterocycles. The molecule has 2 fully saturated rings. The van der Waals surface area contributed by atoms with Gasteiger partial charge in [-0.25, -0.2) is 0 Å². The largest absolute Gasteiger partial charge is 0.329 e. The second-order valence-electron chi connectivity index (χ2n) is 5.86. The summed E-state index contributed by atoms with van der Waals surface area (Å²) in [5.74, 6) is 2.54. The van der Waals surface area contributed by atoms with E-state index in [1.54, 1.807) is 0 Å². The Bertz CT molecular complexity index is 259. The normalized spacial score (nSPS) is 36.9. The highest BCUT2D eigenvalue weighted by Crippen LogP contribution is 2.33. The molecule has 0 aromatic rings. The number of nitrogens with two attached hydrogens (primary N) is 1. The molecular formula is C13H27N3S. The van der Waals surface area contributed by atoms with Crippen molar-refractivity contribution < 1.29 is 0 Å². The molecule has 0 aromatic carbocycles. The number of likely N-dealkylation sites (tertiary alicyclic amines) is 1. The van der Waals surface area contributed by atoms with Crippen molar-refractivity contribution in [3.63, 3.8) is 0 Å². The molecule has 17 heavy (non-hydrogen) atoms. The number of hydrogen-bond donors (Lipinski definition) is 1. The number of nitrogens with zero attached hydrogens (tertiary/aromatic N) is 2. The Morgan fingerprint density at radius 3 is 2.71 bits per heavy atom. The quantitative estimate of drug-likeness (QED) is 0.824. The van der Waals surface area contributed by atoms with E-state index < -0.39 is 0 Å². The van der Waals surface area contributed by atoms with E-state index in [9.17, 15) is 0 Å². The van der Waals surface area contributed by atoms with Crippen molar-refractivity contribution in [2.75, 3.05) is 37.7 Å². The number of hydrogen-bond acceptors (Lipinski definition) is 4. The third kappa shape index (κ3) is 2.65. The summed E-state index contributed by atoms with van der Waals surface area (Å²) < 4.78 is 0. The summed E-state index contributed by atoms with van der Waals surface area (Å²) in [7, 11) is 0. The van der Waals surface area contributed by atoms with Gasteiger partial charge >= 0.3 is 0 Å². The Morgan fingerprint density at radius 1 is 1.41 bits per heavy atom. The first-order valence-corrected chi connectivity index (χ1v) is 8.03. The fraction of sp³-hybridized carbons (Fsp3) is 1.00. The monoisotopic (exact) mass is 257 g/mol. The Balaban J connectivity index is 2.09. The lowest BCUT2D eigenvalue weighted by molar-refractivity contribution is 0.0690. The summed E-state index contributed by atoms with van der Waals surface area (Å²) in [6.07, 6.45) is 1.25. The highest BCUT2D eigenvalue weighted by atomic mass is 32.2. The van der Waals surface area contributed by atoms with Crippen LogP contribution in [-0.4, -0.2) is 65.1 Å². The highest BCUT2D eigenvalue weighted by Gasteiger charge is 2.44. The van der Waals surface area contributed by atoms with Gasteiger partial charge < -0.3 is 5.73 Å². The van der Waals surface area contributed by atoms with Gasteiger partial charge in [0.25, 0.3) is 0 Å². The summed E-state index contributed by atoms with van der Waals surface area (Å²) in [4.78, 5) is 5.28. The summed E-state index contributed by atoms with van der Waals surface area (Å²) in [5.41, 5.74) is 6.40. The zero-order chi connectivity index (χ0) is 12.5. The molecule has 2 rings (SSSR count). The zero-order valence-corrected chi connectivity index (χ0v) is 12.3. The smallest absolute Gasteiger partial charge is 0.0474 e. The molecule has 0 aliphatic carbocycles. The summed E-state index contributed by atoms with van der Waals surface area (Å²) in [6, 6.07) is 1.34. The van der Waals surface area contributed by atoms with Gasteiger partial charge in [-0.1, -0.05) is 0 Å². The molecule has 2 N–H and O–H groups in total. The van der Waals surface area contributed by atoms with Crippen LogP contribution in [-0.2, 0) is 0 Å². The fourth-order valence-electron chi connectivity index (χ4n) is 3.28. The van der Waals surface area contributed by atoms with Gasteiger partial charge in [0.1, 0.15) is 0 Å². The minimum absolute atomic E-state index is 0.255. The molecule has 2 aliphatic heterocycles. The molecule has 0 aromatic heterocycles. The molecule has 0 bridgehead atoms. The average molecular weight is 257 g/mol. The van der Waals surface area contributed by atoms with Crippen molar-refractivity contribution in [2.24, 2.45) is 5.73 Å². The summed E-state index contributed by atoms with van der Waals surface area (Å²) in [5, 5.41) is 0. The maximum Gasteiger partial charge on any atom is 0.0474 e. The molecule has 2 atom stereocenters. The molecule has 2 aliphatic rings. The molecule has 0 spiro atoms. The van der Waals surface area contributed by atoms with Gasteiger partial charge in [0, 0.05) is 55.3 Å². The van der Waals surface area contributed by atoms with Crippen molar-refractivity contribution >= 4 is 11.8 Å². The maximum atomic E-state index is 6.15. The fourth-order valence-corrected chi connectivity index (χ4v) is 4.29. The maximum absolute atomic E-state index is 6.15. The lowest BCUT2D eigenvalue weighted by Gasteiger charge is -2.46. The molecule has 2 heterocycles. The first-order chi connectivity index (χ1) is 8.09. The van der Waals surface area contributed by atoms with E-state index in [0.717, 1.165) is 13.1 Å². The Kier molecular flexibility index (Phi) is 4.40. The van der Waals surface area contributed by atoms with Crippen LogP contribution in [0.4, 0.5) is 0 Å². The van der Waals surface area contributed by atoms with Crippen LogP contribution in [0, 0.1) is 0 Å². The Labute approximate surface area is 110 Å². The van der Waals surface area contributed by atoms with Gasteiger partial charge in [-0.05, 0) is 27.2 Å². The molecule has 0 amide bonds. The van der Waals surface area contributed by atoms with Crippen molar-refractivity contribution in [1.29, 1.82) is 0 Å². The van der Waals surface area contributed by atoms with Crippen molar-refractivity contribution in [3.05, 3.63) is 0 Å². The van der Waals surface area contributed by atoms with Crippen LogP contribution < -0.4 is 5.73 Å². The van der Waals surface area contributed by atoms with Crippen LogP contribution in [0.25, 0.3) is 0 Å². The lowest BCUT2D eigenvalue weighted by atomic mass is 9.94. The molecule has 0 saturated carbocycles. The van der Waals surface area contributed by atoms with E-state index in [1.165, 1.54) is 31.0 Å². The SMILES string of the molecule is CC(C)N1CCC(CN)(N2CCSCC2C)C1. The first-order valence-electron chi connectivity index (χ1n) is 6.88. The van der Waals surface area contributed by atoms with Crippen molar-refractivity contribution in [2.45, 2.75) is 44.8 Å². The predicted molar refractivity (Wildman–Crippen MR) is 76.6 cm³/mol. The van der Waals surface area contributed by atoms with E-state index in [-0.39, 0.29) is 5.54 Å². The van der Waals surface area contributed by atoms with Gasteiger partial charge in [0.05, 0.1) is 0 Å². The molecule has 3 nitrogen and oxygen atoms in total. The number of thioether (sulfide) groups is 1. The Hall–Kier alpha value is 0.230. The highest BCUT2D eigenvalue weighted by molar-refractivity contribution is 7.99. The van der Waals surface area contributed by atoms with Gasteiger partial charge in [0.2, 0.25) is 0 Å². The summed E-state index contributed by atoms with van der Waals surface area (Å²) >= 11 is 2.09. The third-order valence-corrected chi connectivity index (χ3v) is 5.64. The standard InChI is InChI=1S/C13H27N3S/c1-11(2)15-5-4-13(9-14,10-15)16-6-7-17-8-12(16)3/h11-12H,4-10,14H2,1-3H3. The summed E-state index contributed by atoms with van der Waals surface area (Å²) in [6.45, 7) is 11.4. The van der Waals surface area contributed by atoms with E-state index in [4.69, 9.17) is 5.73 Å². The molecular weight excluding hydrogens is 230 g/mol. The van der Waals surface area contributed by atoms with Gasteiger partial charge in [-0.2, -0.15) is 11.8 Å². The van der Waals surface area contributed by atoms with Crippen LogP contribution in [0.5, 0.6) is 0 Å². The minimum Gasteiger partial charge on any atom is -0.329 e. The van der Waals surface area contributed by atoms with E-state index in [2.05, 4.69) is 42.3 Å². The lowest BCUT2D eigenvalue weighted by Crippen LogP contribution is -2.61. The molecule has 2 unspecified atom stereocenters. The zero-order valence-electron chi connectivity index (χ0n) is 11.5. The van der Waals surface area contributed by atoms with Crippen molar-refractivity contribution in [1.82, 2.24) is 9.80 Å². The minimum atomic E-state index is 0.255. The molecule has 100 valence electrons. The first kappa shape index (κ1) is 13.7. The van der Waals surface area contributed by atoms with Gasteiger partial charge in [-0.3, -0.25) is 9.80 Å². The van der Waals surface area contributed by atoms with Gasteiger partial charge in [-0.15, -0.1) is 0 Å². The van der Waals surface area contributed by atoms with Crippen molar-refractivity contribution in [3.8, 4) is 0 Å². The van der Waals surface area contributed by atoms with Crippen LogP contribution in [0.3, 0.4) is 0 Å². The van der Waals surface area contributed by atoms with Crippen LogP contribution in [0.1, 0.15) is 27.2 Å². The Morgan fingerprint density at radius 2 is 2.18 bits per heavy atom.